The number of thiophene rings is 1. The van der Waals surface area contributed by atoms with Crippen LogP contribution in [0.3, 0.4) is 0 Å². The summed E-state index contributed by atoms with van der Waals surface area (Å²) < 4.78 is 10.3. The number of ether oxygens (including phenoxy) is 2. The first-order chi connectivity index (χ1) is 15.7. The number of aryl methyl sites for hydroxylation is 2. The molecule has 0 spiro atoms. The third-order valence-corrected chi connectivity index (χ3v) is 6.89. The number of fused-ring (bicyclic) bond motifs is 1. The van der Waals surface area contributed by atoms with Gasteiger partial charge in [-0.3, -0.25) is 14.9 Å². The lowest BCUT2D eigenvalue weighted by Gasteiger charge is -2.14. The Morgan fingerprint density at radius 2 is 2.03 bits per heavy atom. The molecule has 1 aromatic carbocycles. The van der Waals surface area contributed by atoms with Gasteiger partial charge in [0.15, 0.2) is 0 Å². The van der Waals surface area contributed by atoms with Gasteiger partial charge in [0.05, 0.1) is 35.6 Å². The van der Waals surface area contributed by atoms with E-state index in [2.05, 4.69) is 15.3 Å². The number of carbonyl (C=O) groups excluding carboxylic acids is 2. The smallest absolute Gasteiger partial charge is 0.348 e. The highest BCUT2D eigenvalue weighted by Gasteiger charge is 2.24. The van der Waals surface area contributed by atoms with E-state index < -0.39 is 16.1 Å². The lowest BCUT2D eigenvalue weighted by Crippen LogP contribution is -2.23. The Kier molecular flexibility index (Phi) is 7.49. The van der Waals surface area contributed by atoms with Crippen LogP contribution in [0.2, 0.25) is 0 Å². The van der Waals surface area contributed by atoms with Gasteiger partial charge in [-0.25, -0.2) is 14.8 Å². The zero-order valence-electron chi connectivity index (χ0n) is 18.6. The molecular formula is C21H22N4O6S2. The molecule has 0 saturated carbocycles. The minimum Gasteiger partial charge on any atom is -0.494 e. The molecule has 0 aliphatic heterocycles. The lowest BCUT2D eigenvalue weighted by atomic mass is 10.2. The number of nitro benzene ring substituents is 1. The number of methoxy groups -OCH3 is 1. The van der Waals surface area contributed by atoms with Gasteiger partial charge in [-0.1, -0.05) is 11.8 Å². The normalized spacial score (nSPS) is 11.8. The van der Waals surface area contributed by atoms with Crippen molar-refractivity contribution >= 4 is 56.6 Å². The molecule has 0 aliphatic carbocycles. The maximum atomic E-state index is 12.9. The van der Waals surface area contributed by atoms with Gasteiger partial charge in [-0.2, -0.15) is 0 Å². The van der Waals surface area contributed by atoms with Crippen LogP contribution in [0.5, 0.6) is 5.75 Å². The van der Waals surface area contributed by atoms with Crippen LogP contribution in [0.4, 0.5) is 11.4 Å². The molecule has 1 amide bonds. The minimum absolute atomic E-state index is 0.142. The molecule has 0 fully saturated rings. The molecule has 1 N–H and O–H groups in total. The molecule has 33 heavy (non-hydrogen) atoms. The summed E-state index contributed by atoms with van der Waals surface area (Å²) in [7, 11) is 1.37. The third kappa shape index (κ3) is 5.22. The summed E-state index contributed by atoms with van der Waals surface area (Å²) >= 11 is 2.47. The Balaban J connectivity index is 1.87. The fourth-order valence-corrected chi connectivity index (χ4v) is 5.27. The van der Waals surface area contributed by atoms with E-state index in [0.717, 1.165) is 0 Å². The summed E-state index contributed by atoms with van der Waals surface area (Å²) in [5.41, 5.74) is 0.887. The first-order valence-electron chi connectivity index (χ1n) is 9.91. The van der Waals surface area contributed by atoms with Crippen LogP contribution in [-0.2, 0) is 9.53 Å². The van der Waals surface area contributed by atoms with E-state index in [-0.39, 0.29) is 24.0 Å². The Morgan fingerprint density at radius 3 is 2.67 bits per heavy atom. The van der Waals surface area contributed by atoms with Crippen molar-refractivity contribution in [1.29, 1.82) is 0 Å². The van der Waals surface area contributed by atoms with Crippen molar-refractivity contribution in [3.05, 3.63) is 44.6 Å². The number of nitrogens with zero attached hydrogens (tertiary/aromatic N) is 3. The summed E-state index contributed by atoms with van der Waals surface area (Å²) in [6.07, 6.45) is 0. The number of thioether (sulfide) groups is 1. The molecule has 3 aromatic rings. The molecule has 0 bridgehead atoms. The van der Waals surface area contributed by atoms with Crippen molar-refractivity contribution in [2.45, 2.75) is 38.0 Å². The standard InChI is InChI=1S/C21H22N4O6S2/c1-6-31-21(27)17-10(2)16-19(22-12(4)23-20(16)33-17)32-11(3)18(26)24-14-8-7-13(25(28)29)9-15(14)30-5/h7-9,11H,6H2,1-5H3,(H,24,26). The Hall–Kier alpha value is -3.25. The van der Waals surface area contributed by atoms with E-state index in [0.29, 0.717) is 37.2 Å². The molecule has 174 valence electrons. The molecule has 3 rings (SSSR count). The van der Waals surface area contributed by atoms with E-state index in [4.69, 9.17) is 9.47 Å². The topological polar surface area (TPSA) is 134 Å². The number of benzene rings is 1. The number of non-ortho nitro benzene ring substituents is 1. The number of esters is 1. The van der Waals surface area contributed by atoms with E-state index in [1.807, 2.05) is 0 Å². The summed E-state index contributed by atoms with van der Waals surface area (Å²) in [5, 5.41) is 14.4. The fraction of sp³-hybridized carbons (Fsp3) is 0.333. The number of aromatic nitrogens is 2. The van der Waals surface area contributed by atoms with Crippen LogP contribution < -0.4 is 10.1 Å². The summed E-state index contributed by atoms with van der Waals surface area (Å²) in [6.45, 7) is 7.28. The number of anilines is 1. The van der Waals surface area contributed by atoms with Gasteiger partial charge in [0.1, 0.15) is 26.3 Å². The van der Waals surface area contributed by atoms with Gasteiger partial charge in [0.2, 0.25) is 5.91 Å². The second-order valence-electron chi connectivity index (χ2n) is 6.92. The van der Waals surface area contributed by atoms with E-state index >= 15 is 0 Å². The van der Waals surface area contributed by atoms with Crippen LogP contribution >= 0.6 is 23.1 Å². The van der Waals surface area contributed by atoms with Gasteiger partial charge in [0.25, 0.3) is 5.69 Å². The van der Waals surface area contributed by atoms with Crippen molar-refractivity contribution in [2.75, 3.05) is 19.0 Å². The fourth-order valence-electron chi connectivity index (χ4n) is 3.03. The number of nitro groups is 1. The van der Waals surface area contributed by atoms with Crippen LogP contribution in [-0.4, -0.2) is 45.7 Å². The quantitative estimate of drug-likeness (QED) is 0.159. The zero-order chi connectivity index (χ0) is 24.3. The molecule has 2 heterocycles. The molecule has 10 nitrogen and oxygen atoms in total. The highest BCUT2D eigenvalue weighted by Crippen LogP contribution is 2.38. The predicted molar refractivity (Wildman–Crippen MR) is 126 cm³/mol. The van der Waals surface area contributed by atoms with Crippen molar-refractivity contribution in [3.8, 4) is 5.75 Å². The maximum absolute atomic E-state index is 12.9. The highest BCUT2D eigenvalue weighted by atomic mass is 32.2. The molecule has 0 radical (unpaired) electrons. The minimum atomic E-state index is -0.576. The SMILES string of the molecule is CCOC(=O)c1sc2nc(C)nc(SC(C)C(=O)Nc3ccc([N+](=O)[O-])cc3OC)c2c1C. The molecule has 1 unspecified atom stereocenters. The van der Waals surface area contributed by atoms with Crippen LogP contribution in [0, 0.1) is 24.0 Å². The number of hydrogen-bond acceptors (Lipinski definition) is 10. The molecule has 1 atom stereocenters. The third-order valence-electron chi connectivity index (χ3n) is 4.64. The average Bonchev–Trinajstić information content (AvgIpc) is 3.10. The number of rotatable bonds is 8. The molecule has 12 heteroatoms. The van der Waals surface area contributed by atoms with Gasteiger partial charge >= 0.3 is 5.97 Å². The van der Waals surface area contributed by atoms with E-state index in [9.17, 15) is 19.7 Å². The van der Waals surface area contributed by atoms with E-state index in [1.54, 1.807) is 27.7 Å². The Bertz CT molecular complexity index is 1240. The molecular weight excluding hydrogens is 468 g/mol. The Morgan fingerprint density at radius 1 is 1.30 bits per heavy atom. The van der Waals surface area contributed by atoms with E-state index in [1.165, 1.54) is 48.4 Å². The second-order valence-corrected chi connectivity index (χ2v) is 9.25. The average molecular weight is 491 g/mol. The summed E-state index contributed by atoms with van der Waals surface area (Å²) in [6, 6.07) is 3.96. The van der Waals surface area contributed by atoms with Crippen molar-refractivity contribution < 1.29 is 24.0 Å². The van der Waals surface area contributed by atoms with Crippen LogP contribution in [0.1, 0.15) is 34.9 Å². The number of nitrogens with one attached hydrogen (secondary N) is 1. The zero-order valence-corrected chi connectivity index (χ0v) is 20.3. The summed E-state index contributed by atoms with van der Waals surface area (Å²) in [4.78, 5) is 45.7. The van der Waals surface area contributed by atoms with Gasteiger partial charge in [-0.15, -0.1) is 11.3 Å². The van der Waals surface area contributed by atoms with Crippen molar-refractivity contribution in [1.82, 2.24) is 9.97 Å². The molecule has 2 aromatic heterocycles. The van der Waals surface area contributed by atoms with Gasteiger partial charge in [0, 0.05) is 11.5 Å². The summed E-state index contributed by atoms with van der Waals surface area (Å²) in [5.74, 6) is -0.0492. The first kappa shape index (κ1) is 24.4. The number of hydrogen-bond donors (Lipinski definition) is 1. The monoisotopic (exact) mass is 490 g/mol. The predicted octanol–water partition coefficient (Wildman–Crippen LogP) is 4.52. The number of amides is 1. The molecule has 0 saturated heterocycles. The van der Waals surface area contributed by atoms with Crippen LogP contribution in [0.15, 0.2) is 23.2 Å². The lowest BCUT2D eigenvalue weighted by molar-refractivity contribution is -0.384. The van der Waals surface area contributed by atoms with Gasteiger partial charge in [-0.05, 0) is 39.3 Å². The maximum Gasteiger partial charge on any atom is 0.348 e. The second kappa shape index (κ2) is 10.1. The highest BCUT2D eigenvalue weighted by molar-refractivity contribution is 8.00. The first-order valence-corrected chi connectivity index (χ1v) is 11.6. The van der Waals surface area contributed by atoms with Crippen molar-refractivity contribution in [2.24, 2.45) is 0 Å². The number of carbonyl (C=O) groups is 2. The largest absolute Gasteiger partial charge is 0.494 e. The van der Waals surface area contributed by atoms with Crippen LogP contribution in [0.25, 0.3) is 10.2 Å². The molecule has 0 aliphatic rings. The van der Waals surface area contributed by atoms with Gasteiger partial charge < -0.3 is 14.8 Å². The Labute approximate surface area is 197 Å². The van der Waals surface area contributed by atoms with Crippen molar-refractivity contribution in [3.63, 3.8) is 0 Å².